The van der Waals surface area contributed by atoms with Crippen LogP contribution in [0.1, 0.15) is 6.92 Å². The first-order chi connectivity index (χ1) is 13.3. The van der Waals surface area contributed by atoms with Gasteiger partial charge in [-0.3, -0.25) is 4.98 Å². The fraction of sp³-hybridized carbons (Fsp3) is 0.158. The van der Waals surface area contributed by atoms with E-state index >= 15 is 0 Å². The summed E-state index contributed by atoms with van der Waals surface area (Å²) in [4.78, 5) is 17.2. The van der Waals surface area contributed by atoms with Crippen molar-refractivity contribution >= 4 is 32.5 Å². The Labute approximate surface area is 160 Å². The predicted octanol–water partition coefficient (Wildman–Crippen LogP) is 4.30. The van der Waals surface area contributed by atoms with Crippen molar-refractivity contribution in [1.82, 2.24) is 19.9 Å². The lowest BCUT2D eigenvalue weighted by atomic mass is 10.1. The summed E-state index contributed by atoms with van der Waals surface area (Å²) in [6, 6.07) is 8.05. The zero-order valence-corrected chi connectivity index (χ0v) is 15.7. The Morgan fingerprint density at radius 1 is 1.07 bits per heavy atom. The van der Waals surface area contributed by atoms with Gasteiger partial charge in [0.05, 0.1) is 30.1 Å². The lowest BCUT2D eigenvalue weighted by molar-refractivity contribution is 0.304. The van der Waals surface area contributed by atoms with Gasteiger partial charge in [0.15, 0.2) is 16.7 Å². The number of ether oxygens (including phenoxy) is 2. The second-order valence-corrected chi connectivity index (χ2v) is 6.61. The number of hydrogen-bond acceptors (Lipinski definition) is 8. The number of benzene rings is 1. The van der Waals surface area contributed by atoms with E-state index in [-0.39, 0.29) is 0 Å². The van der Waals surface area contributed by atoms with Crippen molar-refractivity contribution in [3.63, 3.8) is 0 Å². The van der Waals surface area contributed by atoms with Crippen molar-refractivity contribution in [2.45, 2.75) is 6.92 Å². The number of fused-ring (bicyclic) bond motifs is 1. The Kier molecular flexibility index (Phi) is 4.80. The van der Waals surface area contributed by atoms with Gasteiger partial charge in [0.2, 0.25) is 0 Å². The molecule has 0 radical (unpaired) electrons. The SMILES string of the molecule is CCOc1cc(-c2ccc3nc(Nc4cnccn4)sc3c2)cnc1OC. The minimum Gasteiger partial charge on any atom is -0.488 e. The van der Waals surface area contributed by atoms with E-state index in [0.29, 0.717) is 24.1 Å². The minimum absolute atomic E-state index is 0.481. The summed E-state index contributed by atoms with van der Waals surface area (Å²) in [6.45, 7) is 2.48. The Hall–Kier alpha value is -3.26. The maximum Gasteiger partial charge on any atom is 0.256 e. The molecule has 0 aliphatic carbocycles. The molecule has 0 aliphatic heterocycles. The van der Waals surface area contributed by atoms with Crippen molar-refractivity contribution in [3.8, 4) is 22.8 Å². The van der Waals surface area contributed by atoms with E-state index in [1.54, 1.807) is 43.2 Å². The predicted molar refractivity (Wildman–Crippen MR) is 106 cm³/mol. The van der Waals surface area contributed by atoms with E-state index in [2.05, 4.69) is 31.3 Å². The first kappa shape index (κ1) is 17.2. The molecule has 136 valence electrons. The molecule has 4 aromatic rings. The molecule has 0 bridgehead atoms. The smallest absolute Gasteiger partial charge is 0.256 e. The Balaban J connectivity index is 1.66. The van der Waals surface area contributed by atoms with Crippen molar-refractivity contribution in [2.24, 2.45) is 0 Å². The summed E-state index contributed by atoms with van der Waals surface area (Å²) in [6.07, 6.45) is 6.72. The van der Waals surface area contributed by atoms with Crippen LogP contribution in [0, 0.1) is 0 Å². The third-order valence-corrected chi connectivity index (χ3v) is 4.77. The monoisotopic (exact) mass is 379 g/mol. The molecular formula is C19H17N5O2S. The van der Waals surface area contributed by atoms with Gasteiger partial charge in [0, 0.05) is 24.2 Å². The van der Waals surface area contributed by atoms with Gasteiger partial charge in [-0.25, -0.2) is 15.0 Å². The Morgan fingerprint density at radius 2 is 2.00 bits per heavy atom. The zero-order chi connectivity index (χ0) is 18.6. The quantitative estimate of drug-likeness (QED) is 0.535. The van der Waals surface area contributed by atoms with Gasteiger partial charge in [0.1, 0.15) is 0 Å². The van der Waals surface area contributed by atoms with Crippen LogP contribution >= 0.6 is 11.3 Å². The summed E-state index contributed by atoms with van der Waals surface area (Å²) >= 11 is 1.56. The van der Waals surface area contributed by atoms with Crippen LogP contribution in [0.3, 0.4) is 0 Å². The van der Waals surface area contributed by atoms with E-state index in [1.807, 2.05) is 25.1 Å². The molecule has 3 aromatic heterocycles. The second kappa shape index (κ2) is 7.55. The number of nitrogens with zero attached hydrogens (tertiary/aromatic N) is 4. The third-order valence-electron chi connectivity index (χ3n) is 3.83. The van der Waals surface area contributed by atoms with E-state index in [0.717, 1.165) is 26.5 Å². The zero-order valence-electron chi connectivity index (χ0n) is 14.8. The molecule has 8 heteroatoms. The number of nitrogens with one attached hydrogen (secondary N) is 1. The minimum atomic E-state index is 0.481. The van der Waals surface area contributed by atoms with Crippen LogP contribution in [-0.4, -0.2) is 33.7 Å². The third kappa shape index (κ3) is 3.65. The van der Waals surface area contributed by atoms with Crippen LogP contribution in [0.15, 0.2) is 49.1 Å². The van der Waals surface area contributed by atoms with Crippen molar-refractivity contribution in [2.75, 3.05) is 19.0 Å². The van der Waals surface area contributed by atoms with Gasteiger partial charge < -0.3 is 14.8 Å². The molecule has 3 heterocycles. The number of hydrogen-bond donors (Lipinski definition) is 1. The molecule has 0 saturated heterocycles. The van der Waals surface area contributed by atoms with Crippen molar-refractivity contribution in [1.29, 1.82) is 0 Å². The molecule has 0 spiro atoms. The Bertz CT molecular complexity index is 1070. The van der Waals surface area contributed by atoms with Crippen LogP contribution in [0.4, 0.5) is 10.9 Å². The van der Waals surface area contributed by atoms with Gasteiger partial charge in [-0.15, -0.1) is 0 Å². The number of anilines is 2. The highest BCUT2D eigenvalue weighted by molar-refractivity contribution is 7.22. The van der Waals surface area contributed by atoms with Crippen LogP contribution < -0.4 is 14.8 Å². The topological polar surface area (TPSA) is 82.0 Å². The molecule has 1 aromatic carbocycles. The average Bonchev–Trinajstić information content (AvgIpc) is 3.10. The summed E-state index contributed by atoms with van der Waals surface area (Å²) in [5, 5.41) is 3.95. The molecule has 0 fully saturated rings. The molecule has 27 heavy (non-hydrogen) atoms. The highest BCUT2D eigenvalue weighted by Gasteiger charge is 2.11. The fourth-order valence-electron chi connectivity index (χ4n) is 2.63. The van der Waals surface area contributed by atoms with E-state index < -0.39 is 0 Å². The maximum atomic E-state index is 5.63. The number of aromatic nitrogens is 4. The van der Waals surface area contributed by atoms with Crippen molar-refractivity contribution < 1.29 is 9.47 Å². The number of thiazole rings is 1. The maximum absolute atomic E-state index is 5.63. The molecule has 1 N–H and O–H groups in total. The normalized spacial score (nSPS) is 10.7. The van der Waals surface area contributed by atoms with Gasteiger partial charge >= 0.3 is 0 Å². The molecule has 0 amide bonds. The van der Waals surface area contributed by atoms with E-state index in [9.17, 15) is 0 Å². The van der Waals surface area contributed by atoms with Gasteiger partial charge in [0.25, 0.3) is 5.88 Å². The van der Waals surface area contributed by atoms with Crippen molar-refractivity contribution in [3.05, 3.63) is 49.1 Å². The molecule has 0 unspecified atom stereocenters. The molecule has 0 aliphatic rings. The van der Waals surface area contributed by atoms with Gasteiger partial charge in [-0.2, -0.15) is 0 Å². The molecule has 7 nitrogen and oxygen atoms in total. The molecule has 0 saturated carbocycles. The standard InChI is InChI=1S/C19H17N5O2S/c1-3-26-15-8-13(10-22-18(15)25-2)12-4-5-14-16(9-12)27-19(23-14)24-17-11-20-6-7-21-17/h4-11H,3H2,1-2H3,(H,21,23,24). The first-order valence-corrected chi connectivity index (χ1v) is 9.19. The Morgan fingerprint density at radius 3 is 2.78 bits per heavy atom. The number of pyridine rings is 1. The highest BCUT2D eigenvalue weighted by atomic mass is 32.1. The first-order valence-electron chi connectivity index (χ1n) is 8.37. The fourth-order valence-corrected chi connectivity index (χ4v) is 3.54. The molecule has 0 atom stereocenters. The lowest BCUT2D eigenvalue weighted by Gasteiger charge is -2.10. The summed E-state index contributed by atoms with van der Waals surface area (Å²) in [5.74, 6) is 1.78. The molecule has 4 rings (SSSR count). The van der Waals surface area contributed by atoms with Gasteiger partial charge in [-0.05, 0) is 30.7 Å². The second-order valence-electron chi connectivity index (χ2n) is 5.58. The number of methoxy groups -OCH3 is 1. The van der Waals surface area contributed by atoms with Crippen LogP contribution in [0.5, 0.6) is 11.6 Å². The van der Waals surface area contributed by atoms with E-state index in [4.69, 9.17) is 9.47 Å². The lowest BCUT2D eigenvalue weighted by Crippen LogP contribution is -1.97. The van der Waals surface area contributed by atoms with Gasteiger partial charge in [-0.1, -0.05) is 17.4 Å². The number of rotatable bonds is 6. The largest absolute Gasteiger partial charge is 0.488 e. The van der Waals surface area contributed by atoms with Crippen LogP contribution in [-0.2, 0) is 0 Å². The van der Waals surface area contributed by atoms with Crippen LogP contribution in [0.25, 0.3) is 21.3 Å². The van der Waals surface area contributed by atoms with Crippen LogP contribution in [0.2, 0.25) is 0 Å². The highest BCUT2D eigenvalue weighted by Crippen LogP contribution is 2.34. The summed E-state index contributed by atoms with van der Waals surface area (Å²) in [7, 11) is 1.58. The summed E-state index contributed by atoms with van der Waals surface area (Å²) in [5.41, 5.74) is 2.91. The average molecular weight is 379 g/mol. The molecular weight excluding hydrogens is 362 g/mol. The van der Waals surface area contributed by atoms with E-state index in [1.165, 1.54) is 0 Å². The summed E-state index contributed by atoms with van der Waals surface area (Å²) < 4.78 is 11.9.